The van der Waals surface area contributed by atoms with E-state index >= 15 is 0 Å². The van der Waals surface area contributed by atoms with Gasteiger partial charge < -0.3 is 19.8 Å². The van der Waals surface area contributed by atoms with Crippen LogP contribution in [0.5, 0.6) is 5.75 Å². The van der Waals surface area contributed by atoms with Crippen molar-refractivity contribution in [2.75, 3.05) is 0 Å². The second-order valence-corrected chi connectivity index (χ2v) is 5.39. The third-order valence-corrected chi connectivity index (χ3v) is 2.63. The molecule has 0 amide bonds. The van der Waals surface area contributed by atoms with Gasteiger partial charge in [-0.15, -0.1) is 0 Å². The van der Waals surface area contributed by atoms with Crippen LogP contribution in [-0.2, 0) is 4.57 Å². The van der Waals surface area contributed by atoms with Gasteiger partial charge >= 0.3 is 7.82 Å². The maximum atomic E-state index is 8.88. The number of phosphoric acid groups is 1. The van der Waals surface area contributed by atoms with Gasteiger partial charge in [-0.3, -0.25) is 0 Å². The van der Waals surface area contributed by atoms with Crippen molar-refractivity contribution in [1.82, 2.24) is 0 Å². The highest BCUT2D eigenvalue weighted by Crippen LogP contribution is 2.25. The molecule has 116 valence electrons. The lowest BCUT2D eigenvalue weighted by Crippen LogP contribution is -1.82. The molecule has 5 nitrogen and oxygen atoms in total. The van der Waals surface area contributed by atoms with Gasteiger partial charge in [-0.1, -0.05) is 36.4 Å². The van der Waals surface area contributed by atoms with E-state index in [0.717, 1.165) is 0 Å². The van der Waals surface area contributed by atoms with Crippen LogP contribution in [0, 0.1) is 20.8 Å². The van der Waals surface area contributed by atoms with E-state index in [4.69, 9.17) is 24.4 Å². The first-order valence-corrected chi connectivity index (χ1v) is 7.73. The van der Waals surface area contributed by atoms with Crippen LogP contribution in [0.25, 0.3) is 0 Å². The molecule has 0 aliphatic rings. The van der Waals surface area contributed by atoms with E-state index in [-0.39, 0.29) is 0 Å². The van der Waals surface area contributed by atoms with E-state index in [9.17, 15) is 0 Å². The molecule has 2 rings (SSSR count). The summed E-state index contributed by atoms with van der Waals surface area (Å²) in [7, 11) is -4.64. The minimum Gasteiger partial charge on any atom is -0.508 e. The van der Waals surface area contributed by atoms with Crippen molar-refractivity contribution in [3.63, 3.8) is 0 Å². The molecule has 0 aliphatic carbocycles. The zero-order chi connectivity index (χ0) is 16.5. The molecule has 4 N–H and O–H groups in total. The Kier molecular flexibility index (Phi) is 8.58. The van der Waals surface area contributed by atoms with Crippen LogP contribution < -0.4 is 0 Å². The molecule has 0 aliphatic heterocycles. The number of hydrogen-bond donors (Lipinski definition) is 4. The van der Waals surface area contributed by atoms with Crippen molar-refractivity contribution in [3.05, 3.63) is 65.2 Å². The van der Waals surface area contributed by atoms with E-state index in [1.165, 1.54) is 16.7 Å². The minimum atomic E-state index is -4.64. The molecule has 0 saturated carbocycles. The topological polar surface area (TPSA) is 98.0 Å². The SMILES string of the molecule is Cc1cccc(C)c1C.O=P(O)(O)O.Oc1ccccc1. The third kappa shape index (κ3) is 11.8. The highest BCUT2D eigenvalue weighted by Gasteiger charge is 2.00. The average Bonchev–Trinajstić information content (AvgIpc) is 2.35. The Labute approximate surface area is 124 Å². The molecule has 0 aromatic heterocycles. The van der Waals surface area contributed by atoms with Gasteiger partial charge in [-0.2, -0.15) is 0 Å². The van der Waals surface area contributed by atoms with Crippen LogP contribution in [-0.4, -0.2) is 19.8 Å². The maximum Gasteiger partial charge on any atom is 0.466 e. The molecule has 2 aromatic rings. The van der Waals surface area contributed by atoms with Gasteiger partial charge in [-0.05, 0) is 49.6 Å². The highest BCUT2D eigenvalue weighted by molar-refractivity contribution is 7.45. The van der Waals surface area contributed by atoms with Gasteiger partial charge in [-0.25, -0.2) is 4.57 Å². The Morgan fingerprint density at radius 1 is 0.762 bits per heavy atom. The van der Waals surface area contributed by atoms with Gasteiger partial charge in [0.2, 0.25) is 0 Å². The summed E-state index contributed by atoms with van der Waals surface area (Å²) in [5.74, 6) is 0.322. The van der Waals surface area contributed by atoms with E-state index in [0.29, 0.717) is 5.75 Å². The van der Waals surface area contributed by atoms with Crippen LogP contribution in [0.4, 0.5) is 0 Å². The second kappa shape index (κ2) is 9.32. The Hall–Kier alpha value is -1.65. The fourth-order valence-corrected chi connectivity index (χ4v) is 1.33. The van der Waals surface area contributed by atoms with Gasteiger partial charge in [0.15, 0.2) is 0 Å². The highest BCUT2D eigenvalue weighted by atomic mass is 31.2. The lowest BCUT2D eigenvalue weighted by atomic mass is 10.1. The summed E-state index contributed by atoms with van der Waals surface area (Å²) < 4.78 is 8.88. The van der Waals surface area contributed by atoms with Crippen molar-refractivity contribution in [2.24, 2.45) is 0 Å². The molecule has 0 atom stereocenters. The van der Waals surface area contributed by atoms with Gasteiger partial charge in [0.05, 0.1) is 0 Å². The molecule has 2 aromatic carbocycles. The van der Waals surface area contributed by atoms with Crippen LogP contribution >= 0.6 is 7.82 Å². The lowest BCUT2D eigenvalue weighted by molar-refractivity contribution is 0.275. The largest absolute Gasteiger partial charge is 0.508 e. The summed E-state index contributed by atoms with van der Waals surface area (Å²) in [6.45, 7) is 6.44. The quantitative estimate of drug-likeness (QED) is 0.560. The number of hydrogen-bond acceptors (Lipinski definition) is 2. The molecule has 0 saturated heterocycles. The Balaban J connectivity index is 0.000000300. The molecule has 0 heterocycles. The predicted octanol–water partition coefficient (Wildman–Crippen LogP) is 3.08. The van der Waals surface area contributed by atoms with Crippen molar-refractivity contribution < 1.29 is 24.4 Å². The number of rotatable bonds is 0. The molecule has 0 spiro atoms. The molecular weight excluding hydrogens is 291 g/mol. The fraction of sp³-hybridized carbons (Fsp3) is 0.200. The number of phenolic OH excluding ortho intramolecular Hbond substituents is 1. The van der Waals surface area contributed by atoms with Crippen LogP contribution in [0.1, 0.15) is 16.7 Å². The zero-order valence-corrected chi connectivity index (χ0v) is 13.2. The number of aromatic hydroxyl groups is 1. The van der Waals surface area contributed by atoms with Crippen molar-refractivity contribution >= 4 is 7.82 Å². The summed E-state index contributed by atoms with van der Waals surface area (Å²) in [6.07, 6.45) is 0. The first-order chi connectivity index (χ1) is 9.61. The molecule has 21 heavy (non-hydrogen) atoms. The van der Waals surface area contributed by atoms with Gasteiger partial charge in [0.1, 0.15) is 5.75 Å². The van der Waals surface area contributed by atoms with E-state index in [2.05, 4.69) is 39.0 Å². The Morgan fingerprint density at radius 2 is 1.14 bits per heavy atom. The average molecular weight is 312 g/mol. The van der Waals surface area contributed by atoms with Crippen molar-refractivity contribution in [2.45, 2.75) is 20.8 Å². The van der Waals surface area contributed by atoms with Crippen molar-refractivity contribution in [1.29, 1.82) is 0 Å². The molecule has 0 radical (unpaired) electrons. The Bertz CT molecular complexity index is 549. The number of para-hydroxylation sites is 1. The first-order valence-electron chi connectivity index (χ1n) is 6.16. The van der Waals surface area contributed by atoms with E-state index in [1.54, 1.807) is 24.3 Å². The predicted molar refractivity (Wildman–Crippen MR) is 83.0 cm³/mol. The standard InChI is InChI=1S/C9H12.C6H6O.H3O4P/c1-7-5-4-6-8(2)9(7)3;7-6-4-2-1-3-5-6;1-5(2,3)4/h4-6H,1-3H3;1-5,7H;(H3,1,2,3,4). The molecular formula is C15H21O5P. The van der Waals surface area contributed by atoms with E-state index < -0.39 is 7.82 Å². The Morgan fingerprint density at radius 3 is 1.38 bits per heavy atom. The summed E-state index contributed by atoms with van der Waals surface area (Å²) in [5, 5.41) is 8.63. The lowest BCUT2D eigenvalue weighted by Gasteiger charge is -2.00. The van der Waals surface area contributed by atoms with Gasteiger partial charge in [0, 0.05) is 0 Å². The van der Waals surface area contributed by atoms with Crippen LogP contribution in [0.15, 0.2) is 48.5 Å². The smallest absolute Gasteiger partial charge is 0.466 e. The fourth-order valence-electron chi connectivity index (χ4n) is 1.33. The monoisotopic (exact) mass is 312 g/mol. The number of benzene rings is 2. The second-order valence-electron chi connectivity index (χ2n) is 4.37. The maximum absolute atomic E-state index is 8.88. The summed E-state index contributed by atoms with van der Waals surface area (Å²) in [5.41, 5.74) is 4.18. The number of aryl methyl sites for hydroxylation is 2. The first kappa shape index (κ1) is 19.4. The van der Waals surface area contributed by atoms with Crippen LogP contribution in [0.2, 0.25) is 0 Å². The zero-order valence-electron chi connectivity index (χ0n) is 12.3. The van der Waals surface area contributed by atoms with E-state index in [1.807, 2.05) is 6.07 Å². The molecule has 0 bridgehead atoms. The molecule has 0 fully saturated rings. The summed E-state index contributed by atoms with van der Waals surface area (Å²) >= 11 is 0. The minimum absolute atomic E-state index is 0.322. The van der Waals surface area contributed by atoms with Crippen molar-refractivity contribution in [3.8, 4) is 5.75 Å². The normalized spacial score (nSPS) is 9.81. The van der Waals surface area contributed by atoms with Crippen LogP contribution in [0.3, 0.4) is 0 Å². The third-order valence-electron chi connectivity index (χ3n) is 2.63. The molecule has 6 heteroatoms. The molecule has 0 unspecified atom stereocenters. The summed E-state index contributed by atoms with van der Waals surface area (Å²) in [6, 6.07) is 15.1. The van der Waals surface area contributed by atoms with Gasteiger partial charge in [0.25, 0.3) is 0 Å². The summed E-state index contributed by atoms with van der Waals surface area (Å²) in [4.78, 5) is 21.6. The number of phenols is 1.